The van der Waals surface area contributed by atoms with Crippen molar-refractivity contribution in [2.75, 3.05) is 139 Å². The summed E-state index contributed by atoms with van der Waals surface area (Å²) in [7, 11) is 1.64. The second-order valence-electron chi connectivity index (χ2n) is 28.3. The molecule has 3 aliphatic rings. The first-order valence-electron chi connectivity index (χ1n) is 39.6. The summed E-state index contributed by atoms with van der Waals surface area (Å²) < 4.78 is 57.1. The average molecular weight is 1640 g/mol. The smallest absolute Gasteiger partial charge is 0.222 e. The standard InChI is InChI=1S/C73H131N11O30/c1-47(88)81-61-67(102)64(99)50(41-85)112-70(61)109-35-12-7-19-53(91)75-28-16-31-78-57(95)24-38-106-44-73(84-60(98)23-15-22-56(94)74-27-10-5-6-11-34-105-4,45-107-39-25-58(96)79-32-17-29-76-54(92)20-8-13-36-110-71-62(82-48(2)89)68(103)65(100)51(42-86)113-71)46-108-40-26-59(97)80-33-18-30-77-55(93)21-9-14-37-111-72-63(83-49(3)90)69(104)66(101)52(43-87)114-72/h50-52,61-72,85-87,99-104H,5-46H2,1-4H3,(H,74,94)(H,75,91)(H,76,92)(H,77,93)(H,78,95)(H,79,96)(H,80,97)(H,81,88)(H,82,89)(H,83,90)(H,84,98). The van der Waals surface area contributed by atoms with Crippen LogP contribution in [0.5, 0.6) is 0 Å². The number of nitrogens with one attached hydrogen (secondary N) is 11. The molecule has 0 aromatic heterocycles. The zero-order valence-corrected chi connectivity index (χ0v) is 66.5. The van der Waals surface area contributed by atoms with Gasteiger partial charge in [-0.3, -0.25) is 52.7 Å². The molecule has 20 N–H and O–H groups in total. The predicted octanol–water partition coefficient (Wildman–Crippen LogP) is -6.19. The summed E-state index contributed by atoms with van der Waals surface area (Å²) in [5.41, 5.74) is -1.50. The van der Waals surface area contributed by atoms with Crippen molar-refractivity contribution in [3.63, 3.8) is 0 Å². The van der Waals surface area contributed by atoms with Gasteiger partial charge in [0.25, 0.3) is 0 Å². The number of aliphatic hydroxyl groups excluding tert-OH is 9. The van der Waals surface area contributed by atoms with E-state index < -0.39 is 159 Å². The fourth-order valence-electron chi connectivity index (χ4n) is 12.1. The molecule has 3 rings (SSSR count). The Bertz CT molecular complexity index is 2550. The van der Waals surface area contributed by atoms with Crippen molar-refractivity contribution < 1.29 is 146 Å². The molecule has 3 aliphatic heterocycles. The fourth-order valence-corrected chi connectivity index (χ4v) is 12.1. The lowest BCUT2D eigenvalue weighted by Gasteiger charge is -2.42. The number of carbonyl (C=O) groups excluding carboxylic acids is 11. The summed E-state index contributed by atoms with van der Waals surface area (Å²) in [5.74, 6) is -4.20. The van der Waals surface area contributed by atoms with Gasteiger partial charge in [-0.05, 0) is 77.0 Å². The molecule has 658 valence electrons. The van der Waals surface area contributed by atoms with Gasteiger partial charge in [0, 0.05) is 151 Å². The Labute approximate surface area is 665 Å². The molecule has 0 aliphatic carbocycles. The SMILES string of the molecule is COCCCCCCNC(=O)CCCC(=O)NC(COCCC(=O)NCCCNC(=O)CCCCOC1OC(CO)C(O)C(O)C1NC(C)=O)(COCCC(=O)NCCCNC(=O)CCCCOC1OC(CO)C(O)C(O)C1NC(C)=O)COCCC(=O)NCCCNC(=O)CCCCOC1OC(CO)C(O)C(O)C1NC(C)=O. The first-order chi connectivity index (χ1) is 54.7. The molecule has 0 spiro atoms. The molecule has 15 atom stereocenters. The minimum absolute atomic E-state index is 0.0449. The quantitative estimate of drug-likeness (QED) is 0.0252. The van der Waals surface area contributed by atoms with Crippen molar-refractivity contribution in [1.29, 1.82) is 0 Å². The van der Waals surface area contributed by atoms with Crippen molar-refractivity contribution in [2.45, 2.75) is 259 Å². The molecule has 0 aromatic rings. The van der Waals surface area contributed by atoms with E-state index in [1.165, 1.54) is 20.8 Å². The van der Waals surface area contributed by atoms with Crippen molar-refractivity contribution in [3.8, 4) is 0 Å². The molecule has 3 saturated heterocycles. The number of methoxy groups -OCH3 is 1. The third-order valence-electron chi connectivity index (χ3n) is 18.4. The average Bonchev–Trinajstić information content (AvgIpc) is 0.820. The van der Waals surface area contributed by atoms with E-state index in [0.717, 1.165) is 25.7 Å². The third kappa shape index (κ3) is 43.0. The van der Waals surface area contributed by atoms with Crippen LogP contribution >= 0.6 is 0 Å². The number of hydrogen-bond acceptors (Lipinski definition) is 30. The first-order valence-corrected chi connectivity index (χ1v) is 39.6. The molecule has 0 aromatic carbocycles. The summed E-state index contributed by atoms with van der Waals surface area (Å²) in [6.45, 7) is 3.10. The highest BCUT2D eigenvalue weighted by Crippen LogP contribution is 2.26. The lowest BCUT2D eigenvalue weighted by Crippen LogP contribution is -2.64. The summed E-state index contributed by atoms with van der Waals surface area (Å²) in [6, 6.07) is -3.30. The summed E-state index contributed by atoms with van der Waals surface area (Å²) in [6.07, 6.45) is -8.61. The van der Waals surface area contributed by atoms with E-state index >= 15 is 0 Å². The number of aliphatic hydroxyl groups is 9. The van der Waals surface area contributed by atoms with Crippen LogP contribution in [0.15, 0.2) is 0 Å². The van der Waals surface area contributed by atoms with Gasteiger partial charge in [0.1, 0.15) is 78.6 Å². The van der Waals surface area contributed by atoms with Crippen LogP contribution in [0, 0.1) is 0 Å². The Hall–Kier alpha value is -6.59. The Balaban J connectivity index is 1.57. The number of amides is 11. The first kappa shape index (κ1) is 102. The zero-order chi connectivity index (χ0) is 84.1. The van der Waals surface area contributed by atoms with Crippen LogP contribution in [0.3, 0.4) is 0 Å². The Morgan fingerprint density at radius 2 is 0.570 bits per heavy atom. The third-order valence-corrected chi connectivity index (χ3v) is 18.4. The summed E-state index contributed by atoms with van der Waals surface area (Å²) in [4.78, 5) is 139. The maximum atomic E-state index is 13.9. The van der Waals surface area contributed by atoms with Crippen LogP contribution in [0.1, 0.15) is 162 Å². The molecular formula is C73H131N11O30. The lowest BCUT2D eigenvalue weighted by molar-refractivity contribution is -0.270. The molecule has 0 saturated carbocycles. The van der Waals surface area contributed by atoms with Crippen LogP contribution in [-0.2, 0) is 100 Å². The van der Waals surface area contributed by atoms with Crippen molar-refractivity contribution in [1.82, 2.24) is 58.5 Å². The van der Waals surface area contributed by atoms with E-state index in [0.29, 0.717) is 70.9 Å². The minimum atomic E-state index is -1.50. The molecule has 0 bridgehead atoms. The Kier molecular flexibility index (Phi) is 53.4. The van der Waals surface area contributed by atoms with E-state index in [1.54, 1.807) is 7.11 Å². The Morgan fingerprint density at radius 3 is 0.860 bits per heavy atom. The van der Waals surface area contributed by atoms with Crippen LogP contribution < -0.4 is 58.5 Å². The number of carbonyl (C=O) groups is 11. The van der Waals surface area contributed by atoms with E-state index in [2.05, 4.69) is 58.5 Å². The normalized spacial score (nSPS) is 23.9. The van der Waals surface area contributed by atoms with Crippen LogP contribution in [0.25, 0.3) is 0 Å². The van der Waals surface area contributed by atoms with Gasteiger partial charge >= 0.3 is 0 Å². The van der Waals surface area contributed by atoms with Crippen molar-refractivity contribution in [3.05, 3.63) is 0 Å². The zero-order valence-electron chi connectivity index (χ0n) is 66.5. The van der Waals surface area contributed by atoms with E-state index in [-0.39, 0.29) is 180 Å². The monoisotopic (exact) mass is 1640 g/mol. The van der Waals surface area contributed by atoms with E-state index in [9.17, 15) is 98.7 Å². The molecule has 3 fully saturated rings. The van der Waals surface area contributed by atoms with E-state index in [1.807, 2.05) is 0 Å². The maximum absolute atomic E-state index is 13.9. The molecule has 41 heteroatoms. The van der Waals surface area contributed by atoms with Gasteiger partial charge in [-0.25, -0.2) is 0 Å². The molecule has 114 heavy (non-hydrogen) atoms. The van der Waals surface area contributed by atoms with Gasteiger partial charge in [-0.2, -0.15) is 0 Å². The number of unbranched alkanes of at least 4 members (excludes halogenated alkanes) is 6. The molecular weight excluding hydrogens is 1510 g/mol. The van der Waals surface area contributed by atoms with Crippen LogP contribution in [0.4, 0.5) is 0 Å². The minimum Gasteiger partial charge on any atom is -0.394 e. The lowest BCUT2D eigenvalue weighted by atomic mass is 9.97. The largest absolute Gasteiger partial charge is 0.394 e. The number of hydrogen-bond donors (Lipinski definition) is 20. The Morgan fingerprint density at radius 1 is 0.307 bits per heavy atom. The molecule has 3 heterocycles. The van der Waals surface area contributed by atoms with E-state index in [4.69, 9.17) is 47.4 Å². The van der Waals surface area contributed by atoms with Crippen molar-refractivity contribution in [2.24, 2.45) is 0 Å². The fraction of sp³-hybridized carbons (Fsp3) is 0.849. The van der Waals surface area contributed by atoms with Crippen molar-refractivity contribution >= 4 is 65.0 Å². The van der Waals surface area contributed by atoms with Crippen LogP contribution in [0.2, 0.25) is 0 Å². The van der Waals surface area contributed by atoms with Crippen LogP contribution in [-0.4, -0.2) is 347 Å². The highest BCUT2D eigenvalue weighted by molar-refractivity contribution is 5.80. The maximum Gasteiger partial charge on any atom is 0.222 e. The summed E-state index contributed by atoms with van der Waals surface area (Å²) >= 11 is 0. The molecule has 0 radical (unpaired) electrons. The number of rotatable bonds is 63. The molecule has 41 nitrogen and oxygen atoms in total. The molecule has 11 amide bonds. The highest BCUT2D eigenvalue weighted by atomic mass is 16.7. The van der Waals surface area contributed by atoms with Gasteiger partial charge in [0.2, 0.25) is 65.0 Å². The topological polar surface area (TPSA) is 594 Å². The van der Waals surface area contributed by atoms with Gasteiger partial charge in [0.05, 0.1) is 59.5 Å². The second-order valence-corrected chi connectivity index (χ2v) is 28.3. The second kappa shape index (κ2) is 60.0. The summed E-state index contributed by atoms with van der Waals surface area (Å²) in [5, 5.41) is 121. The highest BCUT2D eigenvalue weighted by Gasteiger charge is 2.48. The van der Waals surface area contributed by atoms with Gasteiger partial charge in [0.15, 0.2) is 18.9 Å². The van der Waals surface area contributed by atoms with Gasteiger partial charge in [-0.15, -0.1) is 0 Å². The van der Waals surface area contributed by atoms with Gasteiger partial charge in [-0.1, -0.05) is 12.8 Å². The number of ether oxygens (including phenoxy) is 10. The van der Waals surface area contributed by atoms with Gasteiger partial charge < -0.3 is 152 Å². The molecule has 15 unspecified atom stereocenters. The predicted molar refractivity (Wildman–Crippen MR) is 402 cm³/mol.